The zero-order valence-electron chi connectivity index (χ0n) is 3.71. The van der Waals surface area contributed by atoms with Crippen molar-refractivity contribution in [3.05, 3.63) is 20.9 Å². The van der Waals surface area contributed by atoms with Gasteiger partial charge in [0.25, 0.3) is 0 Å². The molecule has 0 saturated heterocycles. The summed E-state index contributed by atoms with van der Waals surface area (Å²) in [7, 11) is 0. The Kier molecular flexibility index (Phi) is 2.84. The Morgan fingerprint density at radius 2 is 1.62 bits per heavy atom. The van der Waals surface area contributed by atoms with Gasteiger partial charge in [-0.2, -0.15) is 15.7 Å². The fraction of sp³-hybridized carbons (Fsp3) is 0. The van der Waals surface area contributed by atoms with Gasteiger partial charge in [-0.05, 0) is 0 Å². The SMILES string of the molecule is [N-]=[N+]=NN(N)N=[N+]=[N-]. The zero-order chi connectivity index (χ0) is 6.41. The predicted molar refractivity (Wildman–Crippen MR) is 24.3 cm³/mol. The Morgan fingerprint density at radius 3 is 1.88 bits per heavy atom. The molecular weight excluding hydrogens is 112 g/mol. The van der Waals surface area contributed by atoms with Gasteiger partial charge in [-0.3, -0.25) is 0 Å². The minimum Gasteiger partial charge on any atom is -0.167 e. The Morgan fingerprint density at radius 1 is 1.25 bits per heavy atom. The molecule has 0 spiro atoms. The maximum Gasteiger partial charge on any atom is 0.0129 e. The second kappa shape index (κ2) is 3.57. The summed E-state index contributed by atoms with van der Waals surface area (Å²) < 4.78 is 0. The molecule has 42 valence electrons. The van der Waals surface area contributed by atoms with Gasteiger partial charge < -0.3 is 0 Å². The van der Waals surface area contributed by atoms with Crippen molar-refractivity contribution >= 4 is 0 Å². The number of rotatable bonds is 2. The van der Waals surface area contributed by atoms with Gasteiger partial charge in [0.1, 0.15) is 0 Å². The van der Waals surface area contributed by atoms with Crippen molar-refractivity contribution in [3.8, 4) is 0 Å². The van der Waals surface area contributed by atoms with Gasteiger partial charge in [0.15, 0.2) is 0 Å². The molecule has 2 N–H and O–H groups in total. The van der Waals surface area contributed by atoms with Crippen LogP contribution in [0.3, 0.4) is 0 Å². The fourth-order valence-corrected chi connectivity index (χ4v) is 0.0999. The number of azide groups is 1. The highest BCUT2D eigenvalue weighted by molar-refractivity contribution is 4.37. The van der Waals surface area contributed by atoms with Gasteiger partial charge in [-0.25, -0.2) is 0 Å². The number of hydrogen-bond acceptors (Lipinski definition) is 3. The summed E-state index contributed by atoms with van der Waals surface area (Å²) in [5.41, 5.74) is 15.2. The molecule has 0 heterocycles. The first-order chi connectivity index (χ1) is 3.81. The minimum atomic E-state index is 0.278. The van der Waals surface area contributed by atoms with E-state index >= 15 is 0 Å². The molecule has 0 bridgehead atoms. The normalized spacial score (nSPS) is 6.12. The first-order valence-corrected chi connectivity index (χ1v) is 1.46. The smallest absolute Gasteiger partial charge is 0.0129 e. The lowest BCUT2D eigenvalue weighted by Gasteiger charge is -1.91. The number of nitrogens with zero attached hydrogens (tertiary/aromatic N) is 7. The van der Waals surface area contributed by atoms with Gasteiger partial charge >= 0.3 is 0 Å². The van der Waals surface area contributed by atoms with Crippen LogP contribution in [0.4, 0.5) is 0 Å². The summed E-state index contributed by atoms with van der Waals surface area (Å²) in [5.74, 6) is 4.69. The third-order valence-corrected chi connectivity index (χ3v) is 0.263. The van der Waals surface area contributed by atoms with E-state index in [1.807, 2.05) is 0 Å². The van der Waals surface area contributed by atoms with E-state index in [1.165, 1.54) is 0 Å². The van der Waals surface area contributed by atoms with E-state index in [0.29, 0.717) is 0 Å². The first kappa shape index (κ1) is 6.38. The molecule has 0 radical (unpaired) electrons. The van der Waals surface area contributed by atoms with Crippen LogP contribution in [-0.4, -0.2) is 5.23 Å². The quantitative estimate of drug-likeness (QED) is 0.185. The van der Waals surface area contributed by atoms with Crippen molar-refractivity contribution in [2.24, 2.45) is 16.3 Å². The standard InChI is InChI=1S/H2N8/c1-4-6-8(3)7-5-2/h3H2. The van der Waals surface area contributed by atoms with Crippen molar-refractivity contribution in [2.75, 3.05) is 0 Å². The summed E-state index contributed by atoms with van der Waals surface area (Å²) >= 11 is 0. The third kappa shape index (κ3) is 2.61. The highest BCUT2D eigenvalue weighted by atomic mass is 15.9. The molecule has 0 fully saturated rings. The largest absolute Gasteiger partial charge is 0.167 e. The highest BCUT2D eigenvalue weighted by Gasteiger charge is 1.79. The Bertz CT molecular complexity index is 123. The predicted octanol–water partition coefficient (Wildman–Crippen LogP) is 0.613. The molecule has 0 saturated carbocycles. The van der Waals surface area contributed by atoms with E-state index in [1.54, 1.807) is 0 Å². The maximum absolute atomic E-state index is 7.62. The minimum absolute atomic E-state index is 0.278. The van der Waals surface area contributed by atoms with Crippen LogP contribution in [-0.2, 0) is 0 Å². The summed E-state index contributed by atoms with van der Waals surface area (Å²) in [6, 6.07) is 0. The zero-order valence-corrected chi connectivity index (χ0v) is 3.71. The third-order valence-electron chi connectivity index (χ3n) is 0.263. The molecule has 0 aromatic rings. The molecule has 8 heavy (non-hydrogen) atoms. The van der Waals surface area contributed by atoms with E-state index in [9.17, 15) is 0 Å². The highest BCUT2D eigenvalue weighted by Crippen LogP contribution is 1.78. The Balaban J connectivity index is 3.82. The van der Waals surface area contributed by atoms with Crippen LogP contribution >= 0.6 is 0 Å². The average Bonchev–Trinajstić information content (AvgIpc) is 1.68. The molecule has 0 aliphatic rings. The Hall–Kier alpha value is -1.62. The number of hydrazine groups is 1. The molecule has 0 amide bonds. The topological polar surface area (TPSA) is 127 Å². The van der Waals surface area contributed by atoms with Gasteiger partial charge in [0.05, 0.1) is 0 Å². The summed E-state index contributed by atoms with van der Waals surface area (Å²) in [6.45, 7) is 0. The second-order valence-electron chi connectivity index (χ2n) is 0.678. The molecule has 0 rings (SSSR count). The van der Waals surface area contributed by atoms with Crippen LogP contribution in [0, 0.1) is 0 Å². The van der Waals surface area contributed by atoms with Crippen LogP contribution in [0.2, 0.25) is 0 Å². The molecule has 0 unspecified atom stereocenters. The average molecular weight is 114 g/mol. The number of hydrogen-bond donors (Lipinski definition) is 1. The van der Waals surface area contributed by atoms with Gasteiger partial charge in [-0.1, -0.05) is 5.23 Å². The van der Waals surface area contributed by atoms with Crippen molar-refractivity contribution in [1.29, 1.82) is 0 Å². The van der Waals surface area contributed by atoms with Crippen LogP contribution in [0.15, 0.2) is 10.4 Å². The second-order valence-corrected chi connectivity index (χ2v) is 0.678. The van der Waals surface area contributed by atoms with Crippen LogP contribution < -0.4 is 5.84 Å². The molecule has 0 atom stereocenters. The van der Waals surface area contributed by atoms with Gasteiger partial charge in [-0.15, -0.1) is 11.1 Å². The lowest BCUT2D eigenvalue weighted by atomic mass is 12.2. The van der Waals surface area contributed by atoms with E-state index in [0.717, 1.165) is 0 Å². The van der Waals surface area contributed by atoms with Crippen molar-refractivity contribution in [1.82, 2.24) is 5.23 Å². The molecule has 0 aromatic heterocycles. The summed E-state index contributed by atoms with van der Waals surface area (Å²) in [5, 5.41) is 5.65. The molecule has 8 heteroatoms. The van der Waals surface area contributed by atoms with E-state index in [2.05, 4.69) is 26.1 Å². The lowest BCUT2D eigenvalue weighted by Crippen LogP contribution is -2.15. The van der Waals surface area contributed by atoms with Crippen molar-refractivity contribution in [3.63, 3.8) is 0 Å². The van der Waals surface area contributed by atoms with E-state index < -0.39 is 0 Å². The molecule has 0 aromatic carbocycles. The van der Waals surface area contributed by atoms with E-state index in [-0.39, 0.29) is 5.23 Å². The molecule has 0 aliphatic carbocycles. The maximum atomic E-state index is 7.62. The summed E-state index contributed by atoms with van der Waals surface area (Å²) in [4.78, 5) is 4.43. The van der Waals surface area contributed by atoms with Crippen LogP contribution in [0.5, 0.6) is 0 Å². The first-order valence-electron chi connectivity index (χ1n) is 1.46. The molecule has 0 aliphatic heterocycles. The Labute approximate surface area is 43.7 Å². The molecular formula is H2N8. The lowest BCUT2D eigenvalue weighted by molar-refractivity contribution is 0.304. The fourth-order valence-electron chi connectivity index (χ4n) is 0.0999. The monoisotopic (exact) mass is 114 g/mol. The van der Waals surface area contributed by atoms with Crippen LogP contribution in [0.25, 0.3) is 20.9 Å². The molecule has 8 nitrogen and oxygen atoms in total. The van der Waals surface area contributed by atoms with Gasteiger partial charge in [0.2, 0.25) is 0 Å². The van der Waals surface area contributed by atoms with Crippen molar-refractivity contribution < 1.29 is 0 Å². The number of nitrogens with two attached hydrogens (primary N) is 1. The summed E-state index contributed by atoms with van der Waals surface area (Å²) in [6.07, 6.45) is 0. The van der Waals surface area contributed by atoms with Crippen LogP contribution in [0.1, 0.15) is 0 Å². The van der Waals surface area contributed by atoms with Gasteiger partial charge in [0, 0.05) is 10.4 Å². The van der Waals surface area contributed by atoms with E-state index in [4.69, 9.17) is 11.1 Å². The van der Waals surface area contributed by atoms with Crippen molar-refractivity contribution in [2.45, 2.75) is 0 Å².